The van der Waals surface area contributed by atoms with Gasteiger partial charge < -0.3 is 21.7 Å². The van der Waals surface area contributed by atoms with Gasteiger partial charge in [0.25, 0.3) is 0 Å². The summed E-state index contributed by atoms with van der Waals surface area (Å²) in [5.74, 6) is -1.01. The zero-order valence-electron chi connectivity index (χ0n) is 31.2. The Hall–Kier alpha value is -2.70. The number of ketones is 2. The van der Waals surface area contributed by atoms with Gasteiger partial charge in [-0.1, -0.05) is 127 Å². The van der Waals surface area contributed by atoms with Crippen LogP contribution in [0.1, 0.15) is 155 Å². The standard InChI is InChI=1S/C40H64N2O4/c1-14-15-16-29(32(43)19-17-25-21-27(36(2,3)4)23-30(34(25)45)38(8,9)10)40(41,42)33(44)20-18-26-22-28(37(5,6)7)24-31(35(26)46)39(11,12)13/h21-24,29,45-46H,14-20,41-42H2,1-13H3. The fourth-order valence-corrected chi connectivity index (χ4v) is 5.95. The van der Waals surface area contributed by atoms with Gasteiger partial charge in [0.05, 0.1) is 5.92 Å². The molecule has 2 aromatic rings. The van der Waals surface area contributed by atoms with Gasteiger partial charge in [-0.25, -0.2) is 0 Å². The lowest BCUT2D eigenvalue weighted by molar-refractivity contribution is -0.134. The van der Waals surface area contributed by atoms with E-state index in [-0.39, 0.29) is 58.2 Å². The van der Waals surface area contributed by atoms with Crippen molar-refractivity contribution < 1.29 is 19.8 Å². The summed E-state index contributed by atoms with van der Waals surface area (Å²) >= 11 is 0. The van der Waals surface area contributed by atoms with Gasteiger partial charge >= 0.3 is 0 Å². The molecule has 1 atom stereocenters. The van der Waals surface area contributed by atoms with Crippen LogP contribution in [0.15, 0.2) is 24.3 Å². The van der Waals surface area contributed by atoms with E-state index in [0.717, 1.165) is 34.2 Å². The third kappa shape index (κ3) is 9.67. The van der Waals surface area contributed by atoms with Crippen molar-refractivity contribution in [2.24, 2.45) is 17.4 Å². The molecule has 0 bridgehead atoms. The lowest BCUT2D eigenvalue weighted by atomic mass is 9.77. The Balaban J connectivity index is 2.38. The number of phenolic OH excluding ortho intramolecular Hbond substituents is 2. The second kappa shape index (κ2) is 14.2. The number of unbranched alkanes of at least 4 members (excludes halogenated alkanes) is 1. The average molecular weight is 637 g/mol. The van der Waals surface area contributed by atoms with Gasteiger partial charge in [-0.2, -0.15) is 0 Å². The predicted molar refractivity (Wildman–Crippen MR) is 192 cm³/mol. The zero-order chi connectivity index (χ0) is 35.6. The molecule has 1 unspecified atom stereocenters. The van der Waals surface area contributed by atoms with Crippen LogP contribution in [-0.2, 0) is 44.1 Å². The first kappa shape index (κ1) is 39.5. The van der Waals surface area contributed by atoms with Gasteiger partial charge in [0.15, 0.2) is 5.78 Å². The molecule has 0 aromatic heterocycles. The number of carbonyl (C=O) groups is 2. The SMILES string of the molecule is CCCCC(C(=O)CCc1cc(C(C)(C)C)cc(C(C)(C)C)c1O)C(N)(N)C(=O)CCc1cc(C(C)(C)C)cc(C(C)(C)C)c1O. The molecule has 0 saturated carbocycles. The summed E-state index contributed by atoms with van der Waals surface area (Å²) in [4.78, 5) is 27.6. The van der Waals surface area contributed by atoms with E-state index in [1.54, 1.807) is 0 Å². The Morgan fingerprint density at radius 1 is 0.652 bits per heavy atom. The average Bonchev–Trinajstić information content (AvgIpc) is 2.89. The molecule has 0 aliphatic rings. The maximum atomic E-state index is 13.9. The molecular weight excluding hydrogens is 572 g/mol. The van der Waals surface area contributed by atoms with Crippen molar-refractivity contribution in [3.8, 4) is 11.5 Å². The normalized spacial score (nSPS) is 14.0. The van der Waals surface area contributed by atoms with Crippen LogP contribution < -0.4 is 11.5 Å². The number of Topliss-reactive ketones (excluding diaryl/α,β-unsaturated/α-hetero) is 2. The van der Waals surface area contributed by atoms with Crippen molar-refractivity contribution in [2.75, 3.05) is 0 Å². The molecule has 6 nitrogen and oxygen atoms in total. The van der Waals surface area contributed by atoms with E-state index in [2.05, 4.69) is 95.2 Å². The van der Waals surface area contributed by atoms with Crippen LogP contribution >= 0.6 is 0 Å². The number of hydrogen-bond donors (Lipinski definition) is 4. The van der Waals surface area contributed by atoms with Crippen LogP contribution in [0, 0.1) is 5.92 Å². The molecule has 0 radical (unpaired) electrons. The van der Waals surface area contributed by atoms with E-state index in [1.807, 2.05) is 19.1 Å². The Bertz CT molecular complexity index is 1390. The predicted octanol–water partition coefficient (Wildman–Crippen LogP) is 8.41. The van der Waals surface area contributed by atoms with E-state index in [1.165, 1.54) is 0 Å². The summed E-state index contributed by atoms with van der Waals surface area (Å²) in [5, 5.41) is 22.5. The molecule has 46 heavy (non-hydrogen) atoms. The molecule has 0 amide bonds. The largest absolute Gasteiger partial charge is 0.507 e. The third-order valence-electron chi connectivity index (χ3n) is 9.28. The number of aromatic hydroxyl groups is 2. The minimum Gasteiger partial charge on any atom is -0.507 e. The number of rotatable bonds is 12. The Morgan fingerprint density at radius 3 is 1.39 bits per heavy atom. The van der Waals surface area contributed by atoms with Crippen LogP contribution in [0.25, 0.3) is 0 Å². The maximum Gasteiger partial charge on any atom is 0.168 e. The molecule has 6 N–H and O–H groups in total. The van der Waals surface area contributed by atoms with Gasteiger partial charge in [-0.15, -0.1) is 0 Å². The molecule has 0 aliphatic carbocycles. The van der Waals surface area contributed by atoms with Gasteiger partial charge in [-0.3, -0.25) is 9.59 Å². The number of aryl methyl sites for hydroxylation is 2. The quantitative estimate of drug-likeness (QED) is 0.173. The smallest absolute Gasteiger partial charge is 0.168 e. The fraction of sp³-hybridized carbons (Fsp3) is 0.650. The van der Waals surface area contributed by atoms with Gasteiger partial charge in [-0.05, 0) is 74.3 Å². The van der Waals surface area contributed by atoms with E-state index in [4.69, 9.17) is 11.5 Å². The van der Waals surface area contributed by atoms with Gasteiger partial charge in [0.1, 0.15) is 22.9 Å². The highest BCUT2D eigenvalue weighted by atomic mass is 16.3. The maximum absolute atomic E-state index is 13.9. The van der Waals surface area contributed by atoms with E-state index >= 15 is 0 Å². The summed E-state index contributed by atoms with van der Waals surface area (Å²) in [7, 11) is 0. The summed E-state index contributed by atoms with van der Waals surface area (Å²) < 4.78 is 0. The lowest BCUT2D eigenvalue weighted by Crippen LogP contribution is -2.63. The first-order valence-electron chi connectivity index (χ1n) is 17.1. The van der Waals surface area contributed by atoms with Crippen molar-refractivity contribution in [1.29, 1.82) is 0 Å². The molecule has 258 valence electrons. The Morgan fingerprint density at radius 2 is 1.04 bits per heavy atom. The number of nitrogens with two attached hydrogens (primary N) is 2. The first-order valence-corrected chi connectivity index (χ1v) is 17.1. The number of hydrogen-bond acceptors (Lipinski definition) is 6. The van der Waals surface area contributed by atoms with Crippen LogP contribution in [0.4, 0.5) is 0 Å². The van der Waals surface area contributed by atoms with Crippen LogP contribution in [0.3, 0.4) is 0 Å². The second-order valence-electron chi connectivity index (χ2n) is 17.6. The highest BCUT2D eigenvalue weighted by molar-refractivity contribution is 5.95. The van der Waals surface area contributed by atoms with Crippen molar-refractivity contribution >= 4 is 11.6 Å². The van der Waals surface area contributed by atoms with Crippen LogP contribution in [0.2, 0.25) is 0 Å². The molecule has 2 rings (SSSR count). The summed E-state index contributed by atoms with van der Waals surface area (Å²) in [5.41, 5.74) is 15.8. The summed E-state index contributed by atoms with van der Waals surface area (Å²) in [6.07, 6.45) is 2.68. The van der Waals surface area contributed by atoms with Crippen LogP contribution in [-0.4, -0.2) is 27.4 Å². The fourth-order valence-electron chi connectivity index (χ4n) is 5.95. The van der Waals surface area contributed by atoms with E-state index in [9.17, 15) is 19.8 Å². The number of carbonyl (C=O) groups excluding carboxylic acids is 2. The number of phenols is 2. The molecule has 0 spiro atoms. The zero-order valence-corrected chi connectivity index (χ0v) is 31.2. The first-order chi connectivity index (χ1) is 20.7. The minimum atomic E-state index is -1.85. The van der Waals surface area contributed by atoms with E-state index < -0.39 is 17.4 Å². The van der Waals surface area contributed by atoms with Crippen LogP contribution in [0.5, 0.6) is 11.5 Å². The monoisotopic (exact) mass is 636 g/mol. The molecule has 6 heteroatoms. The molecule has 0 heterocycles. The van der Waals surface area contributed by atoms with Crippen molar-refractivity contribution in [1.82, 2.24) is 0 Å². The molecule has 0 fully saturated rings. The summed E-state index contributed by atoms with van der Waals surface area (Å²) in [6.45, 7) is 27.2. The van der Waals surface area contributed by atoms with Crippen molar-refractivity contribution in [3.05, 3.63) is 57.6 Å². The second-order valence-corrected chi connectivity index (χ2v) is 17.6. The molecule has 2 aromatic carbocycles. The Labute approximate surface area is 279 Å². The third-order valence-corrected chi connectivity index (χ3v) is 9.28. The minimum absolute atomic E-state index is 0.0109. The Kier molecular flexibility index (Phi) is 12.2. The lowest BCUT2D eigenvalue weighted by Gasteiger charge is -2.32. The highest BCUT2D eigenvalue weighted by Gasteiger charge is 2.41. The van der Waals surface area contributed by atoms with Gasteiger partial charge in [0, 0.05) is 12.8 Å². The van der Waals surface area contributed by atoms with Crippen molar-refractivity contribution in [2.45, 2.75) is 162 Å². The van der Waals surface area contributed by atoms with Crippen molar-refractivity contribution in [3.63, 3.8) is 0 Å². The number of benzene rings is 2. The topological polar surface area (TPSA) is 127 Å². The highest BCUT2D eigenvalue weighted by Crippen LogP contribution is 2.40. The molecule has 0 aliphatic heterocycles. The molecular formula is C40H64N2O4. The molecule has 0 saturated heterocycles. The summed E-state index contributed by atoms with van der Waals surface area (Å²) in [6, 6.07) is 8.08. The van der Waals surface area contributed by atoms with Gasteiger partial charge in [0.2, 0.25) is 0 Å². The van der Waals surface area contributed by atoms with E-state index in [0.29, 0.717) is 24.8 Å².